The molecule has 0 bridgehead atoms. The second-order valence-electron chi connectivity index (χ2n) is 5.14. The third-order valence-corrected chi connectivity index (χ3v) is 3.90. The lowest BCUT2D eigenvalue weighted by atomic mass is 9.96. The first-order valence-corrected chi connectivity index (χ1v) is 6.81. The Bertz CT molecular complexity index is 724. The van der Waals surface area contributed by atoms with Crippen molar-refractivity contribution in [2.45, 2.75) is 25.3 Å². The predicted octanol–water partition coefficient (Wildman–Crippen LogP) is 2.98. The smallest absolute Gasteiger partial charge is 0.312 e. The van der Waals surface area contributed by atoms with Gasteiger partial charge in [0.05, 0.1) is 17.2 Å². The maximum atomic E-state index is 13.7. The number of carboxylic acid groups (broad SMARTS) is 1. The highest BCUT2D eigenvalue weighted by Gasteiger charge is 2.29. The van der Waals surface area contributed by atoms with Gasteiger partial charge in [0, 0.05) is 12.2 Å². The molecule has 0 spiro atoms. The van der Waals surface area contributed by atoms with Crippen LogP contribution in [0.4, 0.5) is 4.39 Å². The van der Waals surface area contributed by atoms with E-state index in [0.717, 1.165) is 0 Å². The molecule has 1 aliphatic heterocycles. The first-order chi connectivity index (χ1) is 10.1. The summed E-state index contributed by atoms with van der Waals surface area (Å²) in [7, 11) is 0. The van der Waals surface area contributed by atoms with Crippen molar-refractivity contribution >= 4 is 11.8 Å². The van der Waals surface area contributed by atoms with Crippen LogP contribution < -0.4 is 6.15 Å². The van der Waals surface area contributed by atoms with E-state index in [0.29, 0.717) is 30.8 Å². The molecule has 2 heterocycles. The van der Waals surface area contributed by atoms with Crippen LogP contribution in [0.25, 0.3) is 0 Å². The Morgan fingerprint density at radius 2 is 1.91 bits per heavy atom. The Labute approximate surface area is 127 Å². The van der Waals surface area contributed by atoms with Crippen LogP contribution in [0.2, 0.25) is 0 Å². The molecule has 0 amide bonds. The van der Waals surface area contributed by atoms with Crippen molar-refractivity contribution < 1.29 is 19.1 Å². The maximum Gasteiger partial charge on any atom is 0.312 e. The number of rotatable bonds is 3. The van der Waals surface area contributed by atoms with Gasteiger partial charge in [-0.25, -0.2) is 4.39 Å². The Morgan fingerprint density at radius 3 is 2.59 bits per heavy atom. The van der Waals surface area contributed by atoms with Gasteiger partial charge in [0.1, 0.15) is 5.82 Å². The maximum absolute atomic E-state index is 13.7. The average Bonchev–Trinajstić information content (AvgIpc) is 2.90. The van der Waals surface area contributed by atoms with E-state index in [9.17, 15) is 19.1 Å². The number of carbonyl (C=O) groups is 2. The van der Waals surface area contributed by atoms with Gasteiger partial charge in [0.15, 0.2) is 0 Å². The lowest BCUT2D eigenvalue weighted by Gasteiger charge is -2.23. The number of benzene rings is 1. The van der Waals surface area contributed by atoms with E-state index in [1.165, 1.54) is 18.2 Å². The quantitative estimate of drug-likeness (QED) is 0.852. The minimum atomic E-state index is -0.890. The molecule has 22 heavy (non-hydrogen) atoms. The van der Waals surface area contributed by atoms with Crippen LogP contribution in [-0.4, -0.2) is 21.4 Å². The summed E-state index contributed by atoms with van der Waals surface area (Å²) >= 11 is 0. The van der Waals surface area contributed by atoms with Crippen LogP contribution >= 0.6 is 0 Å². The summed E-state index contributed by atoms with van der Waals surface area (Å²) in [5.41, 5.74) is 0.977. The molecule has 116 valence electrons. The normalized spacial score (nSPS) is 16.5. The number of nitrogens with zero attached hydrogens (tertiary/aromatic N) is 1. The molecule has 1 aliphatic rings. The first-order valence-electron chi connectivity index (χ1n) is 6.81. The Morgan fingerprint density at radius 1 is 1.18 bits per heavy atom. The number of hydrogen-bond acceptors (Lipinski definition) is 3. The molecule has 3 rings (SSSR count). The van der Waals surface area contributed by atoms with Crippen molar-refractivity contribution in [2.75, 3.05) is 0 Å². The van der Waals surface area contributed by atoms with Crippen molar-refractivity contribution in [3.8, 4) is 0 Å². The van der Waals surface area contributed by atoms with Crippen LogP contribution in [0.3, 0.4) is 0 Å². The zero-order valence-electron chi connectivity index (χ0n) is 12.0. The molecule has 5 nitrogen and oxygen atoms in total. The highest BCUT2D eigenvalue weighted by atomic mass is 19.1. The van der Waals surface area contributed by atoms with Gasteiger partial charge >= 0.3 is 5.97 Å². The minimum absolute atomic E-state index is 0. The molecule has 1 unspecified atom stereocenters. The second kappa shape index (κ2) is 6.11. The van der Waals surface area contributed by atoms with E-state index in [1.54, 1.807) is 22.8 Å². The van der Waals surface area contributed by atoms with Gasteiger partial charge in [-0.05, 0) is 37.1 Å². The largest absolute Gasteiger partial charge is 0.481 e. The summed E-state index contributed by atoms with van der Waals surface area (Å²) in [5.74, 6) is -2.46. The highest BCUT2D eigenvalue weighted by Crippen LogP contribution is 2.30. The van der Waals surface area contributed by atoms with Crippen LogP contribution in [0.5, 0.6) is 0 Å². The Balaban J connectivity index is 0.00000176. The molecule has 0 saturated heterocycles. The number of carbonyl (C=O) groups excluding carboxylic acids is 1. The van der Waals surface area contributed by atoms with Gasteiger partial charge in [0.25, 0.3) is 0 Å². The summed E-state index contributed by atoms with van der Waals surface area (Å²) < 4.78 is 15.5. The molecule has 4 N–H and O–H groups in total. The summed E-state index contributed by atoms with van der Waals surface area (Å²) in [6.45, 7) is 0.585. The molecule has 0 fully saturated rings. The highest BCUT2D eigenvalue weighted by molar-refractivity contribution is 6.08. The predicted molar refractivity (Wildman–Crippen MR) is 78.9 cm³/mol. The van der Waals surface area contributed by atoms with E-state index in [-0.39, 0.29) is 11.7 Å². The van der Waals surface area contributed by atoms with Gasteiger partial charge in [0.2, 0.25) is 5.78 Å². The molecule has 1 aromatic heterocycles. The number of carboxylic acids is 1. The van der Waals surface area contributed by atoms with Crippen molar-refractivity contribution in [2.24, 2.45) is 0 Å². The number of hydrogen-bond donors (Lipinski definition) is 2. The molecule has 0 aliphatic carbocycles. The molecule has 0 radical (unpaired) electrons. The van der Waals surface area contributed by atoms with Gasteiger partial charge in [-0.2, -0.15) is 0 Å². The fourth-order valence-corrected chi connectivity index (χ4v) is 2.87. The van der Waals surface area contributed by atoms with E-state index in [2.05, 4.69) is 0 Å². The van der Waals surface area contributed by atoms with Crippen molar-refractivity contribution in [1.29, 1.82) is 0 Å². The van der Waals surface area contributed by atoms with E-state index < -0.39 is 23.5 Å². The van der Waals surface area contributed by atoms with Crippen molar-refractivity contribution in [3.05, 3.63) is 59.2 Å². The lowest BCUT2D eigenvalue weighted by molar-refractivity contribution is -0.139. The topological polar surface area (TPSA) is 94.3 Å². The lowest BCUT2D eigenvalue weighted by Crippen LogP contribution is -2.24. The Hall–Kier alpha value is -2.47. The summed E-state index contributed by atoms with van der Waals surface area (Å²) in [4.78, 5) is 23.7. The van der Waals surface area contributed by atoms with Gasteiger partial charge in [-0.3, -0.25) is 9.59 Å². The number of fused-ring (bicyclic) bond motifs is 1. The average molecular weight is 304 g/mol. The zero-order chi connectivity index (χ0) is 15.0. The Kier molecular flexibility index (Phi) is 4.42. The van der Waals surface area contributed by atoms with E-state index in [1.807, 2.05) is 0 Å². The SMILES string of the molecule is N.O=C(c1ccccc1F)c1ccc2n1CCCC2C(=O)O. The summed E-state index contributed by atoms with van der Waals surface area (Å²) in [6.07, 6.45) is 1.25. The second-order valence-corrected chi connectivity index (χ2v) is 5.14. The fourth-order valence-electron chi connectivity index (χ4n) is 2.87. The third kappa shape index (κ3) is 2.53. The molecular formula is C16H17FN2O3. The molecule has 0 saturated carbocycles. The number of aliphatic carboxylic acids is 1. The van der Waals surface area contributed by atoms with E-state index >= 15 is 0 Å². The molecular weight excluding hydrogens is 287 g/mol. The summed E-state index contributed by atoms with van der Waals surface area (Å²) in [5, 5.41) is 9.24. The van der Waals surface area contributed by atoms with Gasteiger partial charge < -0.3 is 15.8 Å². The number of ketones is 1. The van der Waals surface area contributed by atoms with Crippen molar-refractivity contribution in [1.82, 2.24) is 10.7 Å². The van der Waals surface area contributed by atoms with Gasteiger partial charge in [-0.15, -0.1) is 0 Å². The van der Waals surface area contributed by atoms with Crippen LogP contribution in [0.1, 0.15) is 40.5 Å². The molecule has 2 aromatic rings. The minimum Gasteiger partial charge on any atom is -0.481 e. The number of halogens is 1. The monoisotopic (exact) mass is 304 g/mol. The number of aromatic nitrogens is 1. The standard InChI is InChI=1S/C16H14FNO3.H3N/c17-12-6-2-1-4-10(12)15(19)14-8-7-13-11(16(20)21)5-3-9-18(13)14;/h1-2,4,6-8,11H,3,5,9H2,(H,20,21);1H3. The fraction of sp³-hybridized carbons (Fsp3) is 0.250. The van der Waals surface area contributed by atoms with Crippen LogP contribution in [-0.2, 0) is 11.3 Å². The molecule has 1 atom stereocenters. The zero-order valence-corrected chi connectivity index (χ0v) is 12.0. The van der Waals surface area contributed by atoms with Crippen LogP contribution in [0.15, 0.2) is 36.4 Å². The van der Waals surface area contributed by atoms with Crippen molar-refractivity contribution in [3.63, 3.8) is 0 Å². The first kappa shape index (κ1) is 15.9. The van der Waals surface area contributed by atoms with E-state index in [4.69, 9.17) is 0 Å². The van der Waals surface area contributed by atoms with Crippen LogP contribution in [0, 0.1) is 5.82 Å². The van der Waals surface area contributed by atoms with Gasteiger partial charge in [-0.1, -0.05) is 12.1 Å². The molecule has 1 aromatic carbocycles. The third-order valence-electron chi connectivity index (χ3n) is 3.90. The summed E-state index contributed by atoms with van der Waals surface area (Å²) in [6, 6.07) is 9.07. The molecule has 6 heteroatoms.